The molecule has 0 bridgehead atoms. The van der Waals surface area contributed by atoms with Crippen LogP contribution in [0.5, 0.6) is 5.75 Å². The molecule has 1 amide bonds. The Morgan fingerprint density at radius 1 is 1.31 bits per heavy atom. The molecule has 36 heavy (non-hydrogen) atoms. The van der Waals surface area contributed by atoms with Gasteiger partial charge in [-0.2, -0.15) is 5.26 Å². The smallest absolute Gasteiger partial charge is 0.225 e. The van der Waals surface area contributed by atoms with Crippen LogP contribution < -0.4 is 4.74 Å². The Kier molecular flexibility index (Phi) is 6.90. The van der Waals surface area contributed by atoms with Crippen LogP contribution in [0.1, 0.15) is 73.5 Å². The summed E-state index contributed by atoms with van der Waals surface area (Å²) in [4.78, 5) is 32.6. The molecule has 3 heterocycles. The van der Waals surface area contributed by atoms with E-state index in [4.69, 9.17) is 9.72 Å². The molecule has 4 rings (SSSR count). The van der Waals surface area contributed by atoms with Gasteiger partial charge in [0.05, 0.1) is 24.1 Å². The number of nitriles is 1. The molecule has 0 saturated carbocycles. The largest absolute Gasteiger partial charge is 0.496 e. The fourth-order valence-electron chi connectivity index (χ4n) is 5.48. The number of likely N-dealkylation sites (tertiary alicyclic amines) is 1. The lowest BCUT2D eigenvalue weighted by molar-refractivity contribution is -0.142. The predicted molar refractivity (Wildman–Crippen MR) is 139 cm³/mol. The van der Waals surface area contributed by atoms with E-state index in [1.807, 2.05) is 30.4 Å². The summed E-state index contributed by atoms with van der Waals surface area (Å²) < 4.78 is 7.91. The van der Waals surface area contributed by atoms with Gasteiger partial charge in [-0.1, -0.05) is 26.0 Å². The molecule has 1 aliphatic rings. The number of ketones is 1. The van der Waals surface area contributed by atoms with Crippen LogP contribution in [0.2, 0.25) is 0 Å². The van der Waals surface area contributed by atoms with Gasteiger partial charge < -0.3 is 14.2 Å². The van der Waals surface area contributed by atoms with E-state index in [-0.39, 0.29) is 35.5 Å². The zero-order valence-electron chi connectivity index (χ0n) is 22.0. The number of carbonyl (C=O) groups excluding carboxylic acids is 2. The Labute approximate surface area is 212 Å². The van der Waals surface area contributed by atoms with E-state index in [1.165, 1.54) is 0 Å². The molecule has 1 saturated heterocycles. The third-order valence-corrected chi connectivity index (χ3v) is 7.29. The third kappa shape index (κ3) is 4.60. The maximum Gasteiger partial charge on any atom is 0.225 e. The summed E-state index contributed by atoms with van der Waals surface area (Å²) in [5.41, 5.74) is 3.35. The van der Waals surface area contributed by atoms with E-state index in [2.05, 4.69) is 26.1 Å². The van der Waals surface area contributed by atoms with Crippen molar-refractivity contribution in [2.24, 2.45) is 13.0 Å². The highest BCUT2D eigenvalue weighted by molar-refractivity contribution is 5.99. The Balaban J connectivity index is 1.71. The number of rotatable bonds is 6. The van der Waals surface area contributed by atoms with E-state index in [0.717, 1.165) is 35.0 Å². The molecule has 2 aromatic heterocycles. The van der Waals surface area contributed by atoms with Crippen molar-refractivity contribution in [1.82, 2.24) is 14.5 Å². The van der Waals surface area contributed by atoms with Gasteiger partial charge in [-0.25, -0.2) is 4.98 Å². The van der Waals surface area contributed by atoms with Gasteiger partial charge in [0.25, 0.3) is 0 Å². The van der Waals surface area contributed by atoms with Crippen LogP contribution >= 0.6 is 0 Å². The average molecular weight is 487 g/mol. The lowest BCUT2D eigenvalue weighted by Gasteiger charge is -2.46. The molecule has 1 aromatic carbocycles. The predicted octanol–water partition coefficient (Wildman–Crippen LogP) is 5.02. The van der Waals surface area contributed by atoms with Crippen LogP contribution in [0.3, 0.4) is 0 Å². The fraction of sp³-hybridized carbons (Fsp3) is 0.448. The van der Waals surface area contributed by atoms with Gasteiger partial charge in [-0.15, -0.1) is 0 Å². The summed E-state index contributed by atoms with van der Waals surface area (Å²) >= 11 is 0. The molecule has 0 aliphatic carbocycles. The Morgan fingerprint density at radius 2 is 2.06 bits per heavy atom. The average Bonchev–Trinajstić information content (AvgIpc) is 3.19. The van der Waals surface area contributed by atoms with Gasteiger partial charge in [0.2, 0.25) is 5.91 Å². The quantitative estimate of drug-likeness (QED) is 0.457. The van der Waals surface area contributed by atoms with Gasteiger partial charge in [0.1, 0.15) is 11.4 Å². The zero-order chi connectivity index (χ0) is 26.2. The number of piperidine rings is 1. The van der Waals surface area contributed by atoms with Crippen LogP contribution in [-0.2, 0) is 18.3 Å². The minimum atomic E-state index is -0.271. The number of amides is 1. The molecular weight excluding hydrogens is 452 g/mol. The molecule has 7 nitrogen and oxygen atoms in total. The van der Waals surface area contributed by atoms with E-state index >= 15 is 0 Å². The van der Waals surface area contributed by atoms with Crippen molar-refractivity contribution in [2.75, 3.05) is 13.7 Å². The SMILES string of the molecule is COc1c(CC(=O)c2cccc(C#N)c2)cnc2c1c([C@@H]1CCN(C(=O)C(C)C)C(C)(C)C1)cn2C. The van der Waals surface area contributed by atoms with E-state index in [9.17, 15) is 14.9 Å². The molecule has 7 heteroatoms. The third-order valence-electron chi connectivity index (χ3n) is 7.29. The first-order chi connectivity index (χ1) is 17.1. The van der Waals surface area contributed by atoms with Gasteiger partial charge in [-0.3, -0.25) is 9.59 Å². The summed E-state index contributed by atoms with van der Waals surface area (Å²) in [6.07, 6.45) is 5.64. The summed E-state index contributed by atoms with van der Waals surface area (Å²) in [5.74, 6) is 0.965. The van der Waals surface area contributed by atoms with Gasteiger partial charge in [0.15, 0.2) is 5.78 Å². The van der Waals surface area contributed by atoms with Crippen LogP contribution in [0.4, 0.5) is 0 Å². The molecule has 1 aliphatic heterocycles. The maximum atomic E-state index is 13.1. The molecular formula is C29H34N4O3. The number of aromatic nitrogens is 2. The zero-order valence-corrected chi connectivity index (χ0v) is 22.0. The van der Waals surface area contributed by atoms with Crippen molar-refractivity contribution in [2.45, 2.75) is 58.4 Å². The molecule has 0 radical (unpaired) electrons. The number of benzene rings is 1. The highest BCUT2D eigenvalue weighted by Crippen LogP contribution is 2.44. The topological polar surface area (TPSA) is 88.2 Å². The molecule has 3 aromatic rings. The van der Waals surface area contributed by atoms with Crippen LogP contribution in [-0.4, -0.2) is 45.3 Å². The number of ether oxygens (including phenoxy) is 1. The van der Waals surface area contributed by atoms with Crippen molar-refractivity contribution >= 4 is 22.7 Å². The van der Waals surface area contributed by atoms with Crippen LogP contribution in [0.25, 0.3) is 11.0 Å². The minimum Gasteiger partial charge on any atom is -0.496 e. The first kappa shape index (κ1) is 25.4. The number of Topliss-reactive ketones (excluding diaryl/α,β-unsaturated/α-hetero) is 1. The number of fused-ring (bicyclic) bond motifs is 1. The van der Waals surface area contributed by atoms with Crippen molar-refractivity contribution in [3.8, 4) is 11.8 Å². The first-order valence-corrected chi connectivity index (χ1v) is 12.4. The number of hydrogen-bond acceptors (Lipinski definition) is 5. The highest BCUT2D eigenvalue weighted by atomic mass is 16.5. The summed E-state index contributed by atoms with van der Waals surface area (Å²) in [6.45, 7) is 8.88. The molecule has 1 fully saturated rings. The van der Waals surface area contributed by atoms with Gasteiger partial charge in [-0.05, 0) is 50.3 Å². The number of hydrogen-bond donors (Lipinski definition) is 0. The Bertz CT molecular complexity index is 1360. The summed E-state index contributed by atoms with van der Waals surface area (Å²) in [7, 11) is 3.60. The second kappa shape index (κ2) is 9.77. The van der Waals surface area contributed by atoms with Crippen molar-refractivity contribution < 1.29 is 14.3 Å². The number of pyridine rings is 1. The van der Waals surface area contributed by atoms with E-state index < -0.39 is 0 Å². The van der Waals surface area contributed by atoms with Gasteiger partial charge >= 0.3 is 0 Å². The second-order valence-corrected chi connectivity index (χ2v) is 10.6. The number of methoxy groups -OCH3 is 1. The lowest BCUT2D eigenvalue weighted by atomic mass is 9.78. The minimum absolute atomic E-state index is 0.0309. The number of aryl methyl sites for hydroxylation is 1. The van der Waals surface area contributed by atoms with Crippen molar-refractivity contribution in [3.05, 3.63) is 58.9 Å². The molecule has 0 spiro atoms. The summed E-state index contributed by atoms with van der Waals surface area (Å²) in [6, 6.07) is 8.83. The highest BCUT2D eigenvalue weighted by Gasteiger charge is 2.40. The Morgan fingerprint density at radius 3 is 2.69 bits per heavy atom. The number of carbonyl (C=O) groups is 2. The lowest BCUT2D eigenvalue weighted by Crippen LogP contribution is -2.53. The first-order valence-electron chi connectivity index (χ1n) is 12.4. The van der Waals surface area contributed by atoms with E-state index in [1.54, 1.807) is 37.6 Å². The molecule has 1 atom stereocenters. The summed E-state index contributed by atoms with van der Waals surface area (Å²) in [5, 5.41) is 10.1. The molecule has 0 N–H and O–H groups in total. The Hall–Kier alpha value is -3.66. The van der Waals surface area contributed by atoms with E-state index in [0.29, 0.717) is 23.4 Å². The molecule has 0 unspecified atom stereocenters. The van der Waals surface area contributed by atoms with Crippen LogP contribution in [0, 0.1) is 17.2 Å². The fourth-order valence-corrected chi connectivity index (χ4v) is 5.48. The normalized spacial score (nSPS) is 17.3. The van der Waals surface area contributed by atoms with Crippen molar-refractivity contribution in [1.29, 1.82) is 5.26 Å². The monoisotopic (exact) mass is 486 g/mol. The van der Waals surface area contributed by atoms with Gasteiger partial charge in [0, 0.05) is 55.0 Å². The molecule has 188 valence electrons. The standard InChI is InChI=1S/C29H34N4O3/c1-18(2)28(35)33-11-10-21(14-29(33,3)4)23-17-32(5)27-25(23)26(36-6)22(16-31-27)13-24(34)20-9-7-8-19(12-20)15-30/h7-9,12,16-18,21H,10-11,13-14H2,1-6H3/t21-/m1/s1. The number of nitrogens with zero attached hydrogens (tertiary/aromatic N) is 4. The van der Waals surface area contributed by atoms with Crippen LogP contribution in [0.15, 0.2) is 36.7 Å². The second-order valence-electron chi connectivity index (χ2n) is 10.6. The van der Waals surface area contributed by atoms with Crippen molar-refractivity contribution in [3.63, 3.8) is 0 Å². The maximum absolute atomic E-state index is 13.1.